The van der Waals surface area contributed by atoms with Crippen LogP contribution in [0.25, 0.3) is 0 Å². The maximum atomic E-state index is 14.5. The normalized spacial score (nSPS) is 17.5. The average molecular weight is 450 g/mol. The number of carbonyl (C=O) groups excluding carboxylic acids is 2. The van der Waals surface area contributed by atoms with E-state index in [1.165, 1.54) is 24.0 Å². The molecule has 2 heterocycles. The number of piperazine rings is 1. The van der Waals surface area contributed by atoms with Crippen molar-refractivity contribution in [3.63, 3.8) is 0 Å². The molecule has 0 spiro atoms. The minimum Gasteiger partial charge on any atom is -0.444 e. The number of rotatable bonds is 4. The monoisotopic (exact) mass is 450 g/mol. The highest BCUT2D eigenvalue weighted by Gasteiger charge is 2.37. The van der Waals surface area contributed by atoms with Gasteiger partial charge in [0, 0.05) is 32.9 Å². The third kappa shape index (κ3) is 6.42. The molecule has 2 rings (SSSR count). The SMILES string of the molecule is CON(C)C(=O)CC1CN(C(=O)OC(C)(C)C)CCN1c1ncc(C(F)(F)F)cc1F. The van der Waals surface area contributed by atoms with Gasteiger partial charge in [0.15, 0.2) is 11.6 Å². The summed E-state index contributed by atoms with van der Waals surface area (Å²) in [6.45, 7) is 5.26. The number of alkyl halides is 3. The Morgan fingerprint density at radius 3 is 2.42 bits per heavy atom. The molecule has 8 nitrogen and oxygen atoms in total. The average Bonchev–Trinajstić information content (AvgIpc) is 2.65. The summed E-state index contributed by atoms with van der Waals surface area (Å²) in [4.78, 5) is 36.1. The summed E-state index contributed by atoms with van der Waals surface area (Å²) in [6.07, 6.45) is -4.99. The molecule has 0 radical (unpaired) electrons. The summed E-state index contributed by atoms with van der Waals surface area (Å²) in [5, 5.41) is 0.973. The van der Waals surface area contributed by atoms with Crippen molar-refractivity contribution in [2.75, 3.05) is 38.7 Å². The van der Waals surface area contributed by atoms with Gasteiger partial charge in [-0.2, -0.15) is 13.2 Å². The van der Waals surface area contributed by atoms with Crippen LogP contribution in [0.3, 0.4) is 0 Å². The number of hydrogen-bond donors (Lipinski definition) is 0. The molecule has 1 aromatic rings. The molecular formula is C19H26F4N4O4. The minimum atomic E-state index is -4.74. The molecule has 174 valence electrons. The molecule has 1 unspecified atom stereocenters. The van der Waals surface area contributed by atoms with E-state index in [9.17, 15) is 27.2 Å². The molecule has 1 aliphatic rings. The second-order valence-corrected chi connectivity index (χ2v) is 8.08. The van der Waals surface area contributed by atoms with E-state index in [4.69, 9.17) is 9.57 Å². The second-order valence-electron chi connectivity index (χ2n) is 8.08. The summed E-state index contributed by atoms with van der Waals surface area (Å²) in [7, 11) is 2.68. The number of nitrogens with zero attached hydrogens (tertiary/aromatic N) is 4. The van der Waals surface area contributed by atoms with Crippen molar-refractivity contribution in [1.82, 2.24) is 14.9 Å². The zero-order chi connectivity index (χ0) is 23.6. The van der Waals surface area contributed by atoms with Gasteiger partial charge in [-0.15, -0.1) is 0 Å². The maximum absolute atomic E-state index is 14.5. The summed E-state index contributed by atoms with van der Waals surface area (Å²) in [5.74, 6) is -1.95. The van der Waals surface area contributed by atoms with Gasteiger partial charge in [-0.1, -0.05) is 0 Å². The molecule has 0 aromatic carbocycles. The van der Waals surface area contributed by atoms with Gasteiger partial charge in [0.05, 0.1) is 25.1 Å². The number of amides is 2. The van der Waals surface area contributed by atoms with Gasteiger partial charge < -0.3 is 14.5 Å². The van der Waals surface area contributed by atoms with E-state index in [2.05, 4.69) is 4.98 Å². The molecule has 1 aromatic heterocycles. The first-order valence-corrected chi connectivity index (χ1v) is 9.51. The van der Waals surface area contributed by atoms with Crippen LogP contribution >= 0.6 is 0 Å². The molecule has 31 heavy (non-hydrogen) atoms. The smallest absolute Gasteiger partial charge is 0.417 e. The van der Waals surface area contributed by atoms with E-state index >= 15 is 0 Å². The predicted octanol–water partition coefficient (Wildman–Crippen LogP) is 3.08. The van der Waals surface area contributed by atoms with Crippen molar-refractivity contribution in [3.8, 4) is 0 Å². The van der Waals surface area contributed by atoms with E-state index in [1.807, 2.05) is 0 Å². The van der Waals surface area contributed by atoms with E-state index < -0.39 is 41.2 Å². The second kappa shape index (κ2) is 9.25. The van der Waals surface area contributed by atoms with Gasteiger partial charge in [0.25, 0.3) is 0 Å². The van der Waals surface area contributed by atoms with Crippen LogP contribution in [-0.4, -0.2) is 72.4 Å². The fourth-order valence-corrected chi connectivity index (χ4v) is 3.03. The molecule has 1 fully saturated rings. The third-order valence-electron chi connectivity index (χ3n) is 4.59. The Labute approximate surface area is 177 Å². The molecule has 12 heteroatoms. The Balaban J connectivity index is 2.31. The Kier molecular flexibility index (Phi) is 7.35. The molecule has 0 bridgehead atoms. The molecule has 2 amide bonds. The summed E-state index contributed by atoms with van der Waals surface area (Å²) in [6, 6.07) is -0.395. The van der Waals surface area contributed by atoms with Crippen LogP contribution in [0, 0.1) is 5.82 Å². The molecule has 0 saturated carbocycles. The Bertz CT molecular complexity index is 813. The van der Waals surface area contributed by atoms with E-state index in [1.54, 1.807) is 20.8 Å². The van der Waals surface area contributed by atoms with Crippen molar-refractivity contribution in [3.05, 3.63) is 23.6 Å². The number of halogens is 4. The zero-order valence-corrected chi connectivity index (χ0v) is 18.0. The summed E-state index contributed by atoms with van der Waals surface area (Å²) in [5.41, 5.74) is -1.95. The fraction of sp³-hybridized carbons (Fsp3) is 0.632. The first-order valence-electron chi connectivity index (χ1n) is 9.51. The van der Waals surface area contributed by atoms with Gasteiger partial charge in [-0.3, -0.25) is 9.63 Å². The van der Waals surface area contributed by atoms with Crippen LogP contribution in [-0.2, 0) is 20.5 Å². The summed E-state index contributed by atoms with van der Waals surface area (Å²) >= 11 is 0. The van der Waals surface area contributed by atoms with Gasteiger partial charge in [0.1, 0.15) is 5.60 Å². The lowest BCUT2D eigenvalue weighted by molar-refractivity contribution is -0.169. The number of ether oxygens (including phenoxy) is 1. The molecule has 0 N–H and O–H groups in total. The molecular weight excluding hydrogens is 424 g/mol. The number of aromatic nitrogens is 1. The maximum Gasteiger partial charge on any atom is 0.417 e. The highest BCUT2D eigenvalue weighted by atomic mass is 19.4. The van der Waals surface area contributed by atoms with Crippen molar-refractivity contribution < 1.29 is 36.7 Å². The topological polar surface area (TPSA) is 75.2 Å². The number of hydrogen-bond acceptors (Lipinski definition) is 6. The Morgan fingerprint density at radius 1 is 1.26 bits per heavy atom. The zero-order valence-electron chi connectivity index (χ0n) is 18.0. The molecule has 0 aliphatic carbocycles. The van der Waals surface area contributed by atoms with Crippen molar-refractivity contribution in [1.29, 1.82) is 0 Å². The van der Waals surface area contributed by atoms with Crippen molar-refractivity contribution in [2.24, 2.45) is 0 Å². The first kappa shape index (κ1) is 24.6. The van der Waals surface area contributed by atoms with Crippen LogP contribution in [0.2, 0.25) is 0 Å². The third-order valence-corrected chi connectivity index (χ3v) is 4.59. The van der Waals surface area contributed by atoms with Crippen molar-refractivity contribution >= 4 is 17.8 Å². The fourth-order valence-electron chi connectivity index (χ4n) is 3.03. The lowest BCUT2D eigenvalue weighted by Gasteiger charge is -2.42. The van der Waals surface area contributed by atoms with Crippen LogP contribution in [0.1, 0.15) is 32.8 Å². The van der Waals surface area contributed by atoms with Crippen LogP contribution < -0.4 is 4.90 Å². The largest absolute Gasteiger partial charge is 0.444 e. The number of carbonyl (C=O) groups is 2. The highest BCUT2D eigenvalue weighted by molar-refractivity contribution is 5.76. The van der Waals surface area contributed by atoms with Gasteiger partial charge in [-0.25, -0.2) is 19.2 Å². The van der Waals surface area contributed by atoms with Crippen molar-refractivity contribution in [2.45, 2.75) is 45.0 Å². The Hall–Kier alpha value is -2.63. The van der Waals surface area contributed by atoms with Crippen LogP contribution in [0.4, 0.5) is 28.2 Å². The van der Waals surface area contributed by atoms with E-state index in [-0.39, 0.29) is 31.9 Å². The molecule has 1 saturated heterocycles. The number of pyridine rings is 1. The minimum absolute atomic E-state index is 0.0135. The quantitative estimate of drug-likeness (QED) is 0.519. The van der Waals surface area contributed by atoms with Crippen LogP contribution in [0.15, 0.2) is 12.3 Å². The lowest BCUT2D eigenvalue weighted by atomic mass is 10.1. The molecule has 1 aliphatic heterocycles. The lowest BCUT2D eigenvalue weighted by Crippen LogP contribution is -2.57. The summed E-state index contributed by atoms with van der Waals surface area (Å²) < 4.78 is 58.5. The number of anilines is 1. The van der Waals surface area contributed by atoms with Crippen LogP contribution in [0.5, 0.6) is 0 Å². The van der Waals surface area contributed by atoms with E-state index in [0.717, 1.165) is 5.06 Å². The highest BCUT2D eigenvalue weighted by Crippen LogP contribution is 2.32. The van der Waals surface area contributed by atoms with Gasteiger partial charge >= 0.3 is 12.3 Å². The number of hydroxylamine groups is 2. The van der Waals surface area contributed by atoms with E-state index in [0.29, 0.717) is 12.3 Å². The molecule has 1 atom stereocenters. The Morgan fingerprint density at radius 2 is 1.90 bits per heavy atom. The first-order chi connectivity index (χ1) is 14.2. The van der Waals surface area contributed by atoms with Gasteiger partial charge in [-0.05, 0) is 26.8 Å². The van der Waals surface area contributed by atoms with Gasteiger partial charge in [0.2, 0.25) is 5.91 Å². The standard InChI is InChI=1S/C19H26F4N4O4/c1-18(2,3)31-17(29)26-6-7-27(13(11-26)9-15(28)25(4)30-5)16-14(20)8-12(10-24-16)19(21,22)23/h8,10,13H,6-7,9,11H2,1-5H3. The predicted molar refractivity (Wildman–Crippen MR) is 103 cm³/mol.